The summed E-state index contributed by atoms with van der Waals surface area (Å²) in [5.41, 5.74) is 1.57. The zero-order chi connectivity index (χ0) is 12.7. The summed E-state index contributed by atoms with van der Waals surface area (Å²) in [4.78, 5) is 10.8. The third-order valence-corrected chi connectivity index (χ3v) is 2.08. The van der Waals surface area contributed by atoms with Gasteiger partial charge in [-0.3, -0.25) is 0 Å². The first kappa shape index (κ1) is 14.5. The van der Waals surface area contributed by atoms with Gasteiger partial charge < -0.3 is 10.2 Å². The van der Waals surface area contributed by atoms with Crippen molar-refractivity contribution >= 4 is 5.97 Å². The zero-order valence-electron chi connectivity index (χ0n) is 10.4. The Bertz CT molecular complexity index is 356. The summed E-state index contributed by atoms with van der Waals surface area (Å²) in [7, 11) is 0. The number of hydrogen-bond acceptors (Lipinski definition) is 2. The summed E-state index contributed by atoms with van der Waals surface area (Å²) in [5.74, 6) is -1.17. The largest absolute Gasteiger partial charge is 0.507 e. The van der Waals surface area contributed by atoms with Gasteiger partial charge >= 0.3 is 5.97 Å². The van der Waals surface area contributed by atoms with Gasteiger partial charge in [0.1, 0.15) is 11.3 Å². The molecule has 1 aromatic carbocycles. The fraction of sp³-hybridized carbons (Fsp3) is 0.462. The zero-order valence-corrected chi connectivity index (χ0v) is 10.4. The van der Waals surface area contributed by atoms with Crippen LogP contribution in [0.3, 0.4) is 0 Å². The molecule has 0 saturated heterocycles. The second-order valence-corrected chi connectivity index (χ2v) is 3.38. The third-order valence-electron chi connectivity index (χ3n) is 2.08. The topological polar surface area (TPSA) is 57.5 Å². The summed E-state index contributed by atoms with van der Waals surface area (Å²) in [6.07, 6.45) is 1.59. The molecule has 0 aliphatic rings. The van der Waals surface area contributed by atoms with Crippen molar-refractivity contribution in [2.75, 3.05) is 0 Å². The highest BCUT2D eigenvalue weighted by Crippen LogP contribution is 2.25. The molecule has 16 heavy (non-hydrogen) atoms. The Labute approximate surface area is 96.7 Å². The molecular formula is C13H20O3. The lowest BCUT2D eigenvalue weighted by molar-refractivity contribution is 0.0693. The van der Waals surface area contributed by atoms with Crippen LogP contribution in [0.25, 0.3) is 0 Å². The van der Waals surface area contributed by atoms with Crippen LogP contribution in [0.15, 0.2) is 12.1 Å². The maximum Gasteiger partial charge on any atom is 0.339 e. The summed E-state index contributed by atoms with van der Waals surface area (Å²) in [6, 6.07) is 3.31. The second kappa shape index (κ2) is 6.88. The average molecular weight is 224 g/mol. The van der Waals surface area contributed by atoms with Gasteiger partial charge in [0.05, 0.1) is 0 Å². The molecule has 0 fully saturated rings. The van der Waals surface area contributed by atoms with Crippen LogP contribution >= 0.6 is 0 Å². The van der Waals surface area contributed by atoms with E-state index in [0.717, 1.165) is 12.0 Å². The van der Waals surface area contributed by atoms with E-state index in [0.29, 0.717) is 12.0 Å². The van der Waals surface area contributed by atoms with Crippen LogP contribution in [-0.4, -0.2) is 16.2 Å². The van der Waals surface area contributed by atoms with Gasteiger partial charge in [-0.1, -0.05) is 33.3 Å². The minimum Gasteiger partial charge on any atom is -0.507 e. The van der Waals surface area contributed by atoms with Crippen molar-refractivity contribution in [1.29, 1.82) is 0 Å². The SMILES string of the molecule is CC.CCCc1cc(C)cc(C(=O)O)c1O. The summed E-state index contributed by atoms with van der Waals surface area (Å²) < 4.78 is 0. The van der Waals surface area contributed by atoms with E-state index >= 15 is 0 Å². The Morgan fingerprint density at radius 2 is 1.88 bits per heavy atom. The van der Waals surface area contributed by atoms with E-state index in [9.17, 15) is 9.90 Å². The fourth-order valence-corrected chi connectivity index (χ4v) is 1.48. The van der Waals surface area contributed by atoms with Crippen molar-refractivity contribution in [3.63, 3.8) is 0 Å². The van der Waals surface area contributed by atoms with Gasteiger partial charge in [0.15, 0.2) is 0 Å². The van der Waals surface area contributed by atoms with Crippen molar-refractivity contribution in [3.05, 3.63) is 28.8 Å². The van der Waals surface area contributed by atoms with Gasteiger partial charge in [-0.05, 0) is 30.5 Å². The Balaban J connectivity index is 0.00000106. The number of carboxylic acid groups (broad SMARTS) is 1. The number of carbonyl (C=O) groups is 1. The van der Waals surface area contributed by atoms with Gasteiger partial charge in [0.2, 0.25) is 0 Å². The minimum absolute atomic E-state index is 0.00606. The van der Waals surface area contributed by atoms with E-state index in [1.807, 2.05) is 33.8 Å². The van der Waals surface area contributed by atoms with Crippen LogP contribution in [-0.2, 0) is 6.42 Å². The van der Waals surface area contributed by atoms with Crippen LogP contribution in [0.1, 0.15) is 48.7 Å². The number of carboxylic acids is 1. The van der Waals surface area contributed by atoms with Crippen LogP contribution in [0.2, 0.25) is 0 Å². The molecule has 90 valence electrons. The molecule has 0 aliphatic carbocycles. The van der Waals surface area contributed by atoms with Crippen LogP contribution in [0, 0.1) is 6.92 Å². The molecule has 0 radical (unpaired) electrons. The molecule has 0 aliphatic heterocycles. The third kappa shape index (κ3) is 3.57. The molecule has 0 atom stereocenters. The number of rotatable bonds is 3. The molecule has 0 saturated carbocycles. The predicted octanol–water partition coefficient (Wildman–Crippen LogP) is 3.38. The fourth-order valence-electron chi connectivity index (χ4n) is 1.48. The Kier molecular flexibility index (Phi) is 6.23. The number of aryl methyl sites for hydroxylation is 2. The van der Waals surface area contributed by atoms with Crippen LogP contribution in [0.5, 0.6) is 5.75 Å². The maximum absolute atomic E-state index is 10.8. The Morgan fingerprint density at radius 1 is 1.31 bits per heavy atom. The summed E-state index contributed by atoms with van der Waals surface area (Å²) >= 11 is 0. The standard InChI is InChI=1S/C11H14O3.C2H6/c1-3-4-8-5-7(2)6-9(10(8)12)11(13)14;1-2/h5-6,12H,3-4H2,1-2H3,(H,13,14);1-2H3. The molecule has 1 rings (SSSR count). The van der Waals surface area contributed by atoms with Gasteiger partial charge in [-0.25, -0.2) is 4.79 Å². The Hall–Kier alpha value is -1.51. The molecule has 1 aromatic rings. The first-order valence-corrected chi connectivity index (χ1v) is 5.62. The van der Waals surface area contributed by atoms with Gasteiger partial charge in [-0.15, -0.1) is 0 Å². The van der Waals surface area contributed by atoms with E-state index in [1.54, 1.807) is 0 Å². The predicted molar refractivity (Wildman–Crippen MR) is 65.1 cm³/mol. The maximum atomic E-state index is 10.8. The average Bonchev–Trinajstić information content (AvgIpc) is 2.26. The van der Waals surface area contributed by atoms with E-state index in [4.69, 9.17) is 5.11 Å². The molecule has 0 amide bonds. The molecule has 0 aromatic heterocycles. The van der Waals surface area contributed by atoms with Crippen molar-refractivity contribution in [2.24, 2.45) is 0 Å². The lowest BCUT2D eigenvalue weighted by atomic mass is 10.0. The molecule has 0 bridgehead atoms. The number of benzene rings is 1. The molecule has 0 heterocycles. The van der Waals surface area contributed by atoms with Crippen molar-refractivity contribution in [1.82, 2.24) is 0 Å². The van der Waals surface area contributed by atoms with Gasteiger partial charge in [-0.2, -0.15) is 0 Å². The number of hydrogen-bond donors (Lipinski definition) is 2. The monoisotopic (exact) mass is 224 g/mol. The first-order valence-electron chi connectivity index (χ1n) is 5.62. The second-order valence-electron chi connectivity index (χ2n) is 3.38. The highest BCUT2D eigenvalue weighted by molar-refractivity contribution is 5.91. The quantitative estimate of drug-likeness (QED) is 0.827. The molecule has 2 N–H and O–H groups in total. The Morgan fingerprint density at radius 3 is 2.31 bits per heavy atom. The molecule has 3 heteroatoms. The van der Waals surface area contributed by atoms with Crippen molar-refractivity contribution in [2.45, 2.75) is 40.5 Å². The summed E-state index contributed by atoms with van der Waals surface area (Å²) in [5, 5.41) is 18.5. The van der Waals surface area contributed by atoms with Crippen molar-refractivity contribution < 1.29 is 15.0 Å². The highest BCUT2D eigenvalue weighted by Gasteiger charge is 2.13. The first-order chi connectivity index (χ1) is 7.56. The lowest BCUT2D eigenvalue weighted by Gasteiger charge is -2.07. The van der Waals surface area contributed by atoms with E-state index in [-0.39, 0.29) is 11.3 Å². The molecular weight excluding hydrogens is 204 g/mol. The smallest absolute Gasteiger partial charge is 0.339 e. The molecule has 0 spiro atoms. The lowest BCUT2D eigenvalue weighted by Crippen LogP contribution is -2.00. The summed E-state index contributed by atoms with van der Waals surface area (Å²) in [6.45, 7) is 7.81. The van der Waals surface area contributed by atoms with Crippen molar-refractivity contribution in [3.8, 4) is 5.75 Å². The van der Waals surface area contributed by atoms with Crippen LogP contribution in [0.4, 0.5) is 0 Å². The normalized spacial score (nSPS) is 9.25. The van der Waals surface area contributed by atoms with E-state index in [2.05, 4.69) is 0 Å². The van der Waals surface area contributed by atoms with Crippen LogP contribution < -0.4 is 0 Å². The van der Waals surface area contributed by atoms with E-state index < -0.39 is 5.97 Å². The number of aromatic hydroxyl groups is 1. The highest BCUT2D eigenvalue weighted by atomic mass is 16.4. The molecule has 3 nitrogen and oxygen atoms in total. The van der Waals surface area contributed by atoms with E-state index in [1.165, 1.54) is 6.07 Å². The number of phenols is 1. The molecule has 0 unspecified atom stereocenters. The minimum atomic E-state index is -1.08. The van der Waals surface area contributed by atoms with Gasteiger partial charge in [0, 0.05) is 0 Å². The number of aromatic carboxylic acids is 1. The van der Waals surface area contributed by atoms with Gasteiger partial charge in [0.25, 0.3) is 0 Å².